The number of fused-ring (bicyclic) bond motifs is 1. The van der Waals surface area contributed by atoms with Crippen molar-refractivity contribution in [2.24, 2.45) is 0 Å². The van der Waals surface area contributed by atoms with Gasteiger partial charge in [-0.3, -0.25) is 0 Å². The lowest BCUT2D eigenvalue weighted by Crippen LogP contribution is -2.02. The lowest BCUT2D eigenvalue weighted by atomic mass is 9.96. The van der Waals surface area contributed by atoms with Crippen LogP contribution in [0.25, 0.3) is 10.8 Å². The summed E-state index contributed by atoms with van der Waals surface area (Å²) < 4.78 is 0. The van der Waals surface area contributed by atoms with Crippen molar-refractivity contribution >= 4 is 10.8 Å². The van der Waals surface area contributed by atoms with E-state index in [-0.39, 0.29) is 0 Å². The summed E-state index contributed by atoms with van der Waals surface area (Å²) in [5.41, 5.74) is 3.41. The number of aliphatic hydroxyl groups excluding tert-OH is 1. The predicted molar refractivity (Wildman–Crippen MR) is 83.8 cm³/mol. The molecule has 3 aromatic rings. The van der Waals surface area contributed by atoms with Gasteiger partial charge < -0.3 is 5.11 Å². The van der Waals surface area contributed by atoms with Crippen LogP contribution < -0.4 is 0 Å². The first kappa shape index (κ1) is 12.9. The van der Waals surface area contributed by atoms with Crippen molar-refractivity contribution in [3.05, 3.63) is 83.4 Å². The summed E-state index contributed by atoms with van der Waals surface area (Å²) in [6.07, 6.45) is 0.178. The van der Waals surface area contributed by atoms with E-state index in [0.717, 1.165) is 16.5 Å². The summed E-state index contributed by atoms with van der Waals surface area (Å²) in [6.45, 7) is 2.07. The molecule has 100 valence electrons. The van der Waals surface area contributed by atoms with Crippen LogP contribution in [0.1, 0.15) is 22.8 Å². The molecule has 0 saturated carbocycles. The van der Waals surface area contributed by atoms with Gasteiger partial charge in [-0.15, -0.1) is 0 Å². The van der Waals surface area contributed by atoms with Gasteiger partial charge in [0.25, 0.3) is 0 Å². The number of aryl methyl sites for hydroxylation is 1. The average Bonchev–Trinajstić information content (AvgIpc) is 2.49. The molecule has 0 heterocycles. The van der Waals surface area contributed by atoms with Crippen LogP contribution in [-0.2, 0) is 6.42 Å². The molecule has 0 aromatic heterocycles. The van der Waals surface area contributed by atoms with E-state index in [4.69, 9.17) is 0 Å². The molecule has 0 aliphatic carbocycles. The maximum Gasteiger partial charge on any atom is 0.0836 e. The highest BCUT2D eigenvalue weighted by Gasteiger charge is 2.11. The van der Waals surface area contributed by atoms with Crippen LogP contribution in [0.4, 0.5) is 0 Å². The van der Waals surface area contributed by atoms with Crippen LogP contribution in [0.2, 0.25) is 0 Å². The summed E-state index contributed by atoms with van der Waals surface area (Å²) in [5.74, 6) is 0. The standard InChI is InChI=1S/C19H18O/c1-14-9-11-15(12-10-14)13-19(20)18-8-4-6-16-5-2-3-7-17(16)18/h2-12,19-20H,13H2,1H3. The summed E-state index contributed by atoms with van der Waals surface area (Å²) >= 11 is 0. The monoisotopic (exact) mass is 262 g/mol. The van der Waals surface area contributed by atoms with Gasteiger partial charge in [-0.1, -0.05) is 72.3 Å². The number of hydrogen-bond donors (Lipinski definition) is 1. The van der Waals surface area contributed by atoms with E-state index >= 15 is 0 Å². The number of aliphatic hydroxyl groups is 1. The zero-order valence-corrected chi connectivity index (χ0v) is 11.6. The van der Waals surface area contributed by atoms with Gasteiger partial charge in [0.1, 0.15) is 0 Å². The van der Waals surface area contributed by atoms with Crippen LogP contribution in [-0.4, -0.2) is 5.11 Å². The summed E-state index contributed by atoms with van der Waals surface area (Å²) in [6, 6.07) is 22.7. The van der Waals surface area contributed by atoms with E-state index in [1.165, 1.54) is 10.9 Å². The van der Waals surface area contributed by atoms with Gasteiger partial charge in [-0.25, -0.2) is 0 Å². The van der Waals surface area contributed by atoms with Gasteiger partial charge in [-0.05, 0) is 28.8 Å². The van der Waals surface area contributed by atoms with Crippen LogP contribution in [0, 0.1) is 6.92 Å². The van der Waals surface area contributed by atoms with E-state index < -0.39 is 6.10 Å². The van der Waals surface area contributed by atoms with E-state index in [9.17, 15) is 5.11 Å². The molecule has 1 N–H and O–H groups in total. The minimum Gasteiger partial charge on any atom is -0.388 e. The molecular weight excluding hydrogens is 244 g/mol. The molecule has 3 rings (SSSR count). The Labute approximate surface area is 119 Å². The van der Waals surface area contributed by atoms with Crippen molar-refractivity contribution in [2.45, 2.75) is 19.4 Å². The van der Waals surface area contributed by atoms with Gasteiger partial charge in [0.05, 0.1) is 6.10 Å². The third-order valence-electron chi connectivity index (χ3n) is 3.73. The normalized spacial score (nSPS) is 12.5. The Morgan fingerprint density at radius 1 is 0.850 bits per heavy atom. The molecule has 0 aliphatic heterocycles. The highest BCUT2D eigenvalue weighted by molar-refractivity contribution is 5.85. The quantitative estimate of drug-likeness (QED) is 0.740. The smallest absolute Gasteiger partial charge is 0.0836 e. The number of hydrogen-bond acceptors (Lipinski definition) is 1. The second-order valence-corrected chi connectivity index (χ2v) is 5.27. The van der Waals surface area contributed by atoms with Crippen molar-refractivity contribution in [2.75, 3.05) is 0 Å². The Hall–Kier alpha value is -2.12. The van der Waals surface area contributed by atoms with E-state index in [0.29, 0.717) is 6.42 Å². The Balaban J connectivity index is 1.92. The molecule has 3 aromatic carbocycles. The molecular formula is C19H18O. The van der Waals surface area contributed by atoms with Crippen molar-refractivity contribution in [1.29, 1.82) is 0 Å². The molecule has 0 radical (unpaired) electrons. The van der Waals surface area contributed by atoms with Gasteiger partial charge in [0.15, 0.2) is 0 Å². The van der Waals surface area contributed by atoms with Crippen LogP contribution in [0.5, 0.6) is 0 Å². The van der Waals surface area contributed by atoms with Crippen molar-refractivity contribution in [3.63, 3.8) is 0 Å². The molecule has 0 bridgehead atoms. The fraction of sp³-hybridized carbons (Fsp3) is 0.158. The average molecular weight is 262 g/mol. The molecule has 1 nitrogen and oxygen atoms in total. The topological polar surface area (TPSA) is 20.2 Å². The first-order chi connectivity index (χ1) is 9.74. The molecule has 0 spiro atoms. The SMILES string of the molecule is Cc1ccc(CC(O)c2cccc3ccccc23)cc1. The maximum atomic E-state index is 10.5. The first-order valence-electron chi connectivity index (χ1n) is 6.95. The van der Waals surface area contributed by atoms with Crippen LogP contribution in [0.3, 0.4) is 0 Å². The Morgan fingerprint density at radius 3 is 2.35 bits per heavy atom. The summed E-state index contributed by atoms with van der Waals surface area (Å²) in [5, 5.41) is 12.8. The maximum absolute atomic E-state index is 10.5. The van der Waals surface area contributed by atoms with Crippen molar-refractivity contribution in [1.82, 2.24) is 0 Å². The minimum absolute atomic E-state index is 0.469. The largest absolute Gasteiger partial charge is 0.388 e. The Morgan fingerprint density at radius 2 is 1.55 bits per heavy atom. The third kappa shape index (κ3) is 2.59. The van der Waals surface area contributed by atoms with Gasteiger partial charge in [0.2, 0.25) is 0 Å². The fourth-order valence-electron chi connectivity index (χ4n) is 2.60. The van der Waals surface area contributed by atoms with Crippen LogP contribution in [0.15, 0.2) is 66.7 Å². The van der Waals surface area contributed by atoms with Gasteiger partial charge in [0, 0.05) is 6.42 Å². The van der Waals surface area contributed by atoms with E-state index in [2.05, 4.69) is 49.4 Å². The lowest BCUT2D eigenvalue weighted by Gasteiger charge is -2.14. The van der Waals surface area contributed by atoms with Crippen molar-refractivity contribution in [3.8, 4) is 0 Å². The zero-order chi connectivity index (χ0) is 13.9. The molecule has 0 aliphatic rings. The molecule has 1 atom stereocenters. The molecule has 0 amide bonds. The van der Waals surface area contributed by atoms with Gasteiger partial charge >= 0.3 is 0 Å². The molecule has 0 saturated heterocycles. The number of benzene rings is 3. The second-order valence-electron chi connectivity index (χ2n) is 5.27. The highest BCUT2D eigenvalue weighted by atomic mass is 16.3. The molecule has 20 heavy (non-hydrogen) atoms. The summed E-state index contributed by atoms with van der Waals surface area (Å²) in [4.78, 5) is 0. The molecule has 1 heteroatoms. The molecule has 1 unspecified atom stereocenters. The van der Waals surface area contributed by atoms with Crippen LogP contribution >= 0.6 is 0 Å². The Bertz CT molecular complexity index is 708. The Kier molecular flexibility index (Phi) is 3.53. The first-order valence-corrected chi connectivity index (χ1v) is 6.95. The second kappa shape index (κ2) is 5.48. The predicted octanol–water partition coefficient (Wildman–Crippen LogP) is 4.42. The third-order valence-corrected chi connectivity index (χ3v) is 3.73. The summed E-state index contributed by atoms with van der Waals surface area (Å²) in [7, 11) is 0. The van der Waals surface area contributed by atoms with Gasteiger partial charge in [-0.2, -0.15) is 0 Å². The van der Waals surface area contributed by atoms with E-state index in [1.54, 1.807) is 0 Å². The number of rotatable bonds is 3. The fourth-order valence-corrected chi connectivity index (χ4v) is 2.60. The lowest BCUT2D eigenvalue weighted by molar-refractivity contribution is 0.180. The highest BCUT2D eigenvalue weighted by Crippen LogP contribution is 2.26. The van der Waals surface area contributed by atoms with E-state index in [1.807, 2.05) is 24.3 Å². The zero-order valence-electron chi connectivity index (χ0n) is 11.6. The van der Waals surface area contributed by atoms with Crippen molar-refractivity contribution < 1.29 is 5.11 Å². The molecule has 0 fully saturated rings. The minimum atomic E-state index is -0.469.